The number of carbonyl (C=O) groups is 1. The van der Waals surface area contributed by atoms with E-state index < -0.39 is 0 Å². The molecule has 0 unspecified atom stereocenters. The first-order valence-electron chi connectivity index (χ1n) is 8.43. The maximum Gasteiger partial charge on any atom is 0.284 e. The molecule has 7 nitrogen and oxygen atoms in total. The lowest BCUT2D eigenvalue weighted by molar-refractivity contribution is -0.113. The van der Waals surface area contributed by atoms with Gasteiger partial charge >= 0.3 is 0 Å². The van der Waals surface area contributed by atoms with E-state index in [1.165, 1.54) is 36.6 Å². The van der Waals surface area contributed by atoms with Gasteiger partial charge in [0.2, 0.25) is 5.91 Å². The Labute approximate surface area is 154 Å². The van der Waals surface area contributed by atoms with Gasteiger partial charge in [0.05, 0.1) is 12.0 Å². The highest BCUT2D eigenvalue weighted by molar-refractivity contribution is 7.99. The number of nitrogens with zero attached hydrogens (tertiary/aromatic N) is 3. The molecule has 4 rings (SSSR count). The van der Waals surface area contributed by atoms with Gasteiger partial charge in [-0.15, -0.1) is 10.2 Å². The number of benzene rings is 1. The van der Waals surface area contributed by atoms with Crippen LogP contribution in [0.15, 0.2) is 56.7 Å². The number of carbonyl (C=O) groups excluding carboxylic acids is 1. The van der Waals surface area contributed by atoms with Crippen molar-refractivity contribution < 1.29 is 13.6 Å². The molecule has 0 saturated carbocycles. The Balaban J connectivity index is 1.28. The van der Waals surface area contributed by atoms with Crippen LogP contribution >= 0.6 is 11.8 Å². The van der Waals surface area contributed by atoms with Crippen LogP contribution in [0, 0.1) is 0 Å². The molecule has 1 saturated heterocycles. The summed E-state index contributed by atoms with van der Waals surface area (Å²) in [6.07, 6.45) is 4.02. The van der Waals surface area contributed by atoms with Crippen LogP contribution in [-0.4, -0.2) is 34.9 Å². The smallest absolute Gasteiger partial charge is 0.284 e. The van der Waals surface area contributed by atoms with Crippen molar-refractivity contribution in [3.05, 3.63) is 42.7 Å². The van der Waals surface area contributed by atoms with Gasteiger partial charge in [-0.05, 0) is 49.2 Å². The molecule has 2 aromatic heterocycles. The van der Waals surface area contributed by atoms with Gasteiger partial charge in [0.15, 0.2) is 5.76 Å². The van der Waals surface area contributed by atoms with Crippen molar-refractivity contribution in [1.82, 2.24) is 10.2 Å². The summed E-state index contributed by atoms with van der Waals surface area (Å²) in [4.78, 5) is 14.5. The number of aromatic nitrogens is 2. The summed E-state index contributed by atoms with van der Waals surface area (Å²) in [6, 6.07) is 11.4. The van der Waals surface area contributed by atoms with Gasteiger partial charge < -0.3 is 19.1 Å². The van der Waals surface area contributed by atoms with Crippen molar-refractivity contribution >= 4 is 29.0 Å². The van der Waals surface area contributed by atoms with Gasteiger partial charge in [-0.3, -0.25) is 4.79 Å². The fourth-order valence-corrected chi connectivity index (χ4v) is 3.39. The number of hydrogen-bond donors (Lipinski definition) is 1. The minimum absolute atomic E-state index is 0.123. The maximum absolute atomic E-state index is 12.1. The number of nitrogens with one attached hydrogen (secondary N) is 1. The number of hydrogen-bond acceptors (Lipinski definition) is 7. The van der Waals surface area contributed by atoms with Crippen molar-refractivity contribution in [2.75, 3.05) is 29.1 Å². The summed E-state index contributed by atoms with van der Waals surface area (Å²) < 4.78 is 10.7. The van der Waals surface area contributed by atoms with Crippen LogP contribution in [0.25, 0.3) is 11.7 Å². The highest BCUT2D eigenvalue weighted by Gasteiger charge is 2.14. The molecular weight excluding hydrogens is 352 g/mol. The Morgan fingerprint density at radius 3 is 2.69 bits per heavy atom. The third-order valence-electron chi connectivity index (χ3n) is 4.09. The second kappa shape index (κ2) is 7.65. The minimum atomic E-state index is -0.123. The zero-order valence-electron chi connectivity index (χ0n) is 14.1. The SMILES string of the molecule is O=C(CSc1nnc(-c2ccco2)o1)Nc1ccc(N2CCCC2)cc1. The molecule has 0 atom stereocenters. The predicted octanol–water partition coefficient (Wildman–Crippen LogP) is 3.66. The molecule has 3 heterocycles. The molecule has 0 spiro atoms. The van der Waals surface area contributed by atoms with E-state index in [1.54, 1.807) is 12.1 Å². The zero-order valence-corrected chi connectivity index (χ0v) is 14.9. The molecule has 3 aromatic rings. The first-order valence-corrected chi connectivity index (χ1v) is 9.41. The molecular formula is C18H18N4O3S. The maximum atomic E-state index is 12.1. The molecule has 134 valence electrons. The van der Waals surface area contributed by atoms with E-state index in [1.807, 2.05) is 24.3 Å². The molecule has 1 N–H and O–H groups in total. The lowest BCUT2D eigenvalue weighted by Gasteiger charge is -2.17. The highest BCUT2D eigenvalue weighted by atomic mass is 32.2. The van der Waals surface area contributed by atoms with Crippen LogP contribution in [-0.2, 0) is 4.79 Å². The summed E-state index contributed by atoms with van der Waals surface area (Å²) in [5.41, 5.74) is 1.98. The Morgan fingerprint density at radius 1 is 1.15 bits per heavy atom. The number of rotatable bonds is 6. The fourth-order valence-electron chi connectivity index (χ4n) is 2.82. The molecule has 1 aliphatic heterocycles. The van der Waals surface area contributed by atoms with Gasteiger partial charge in [-0.2, -0.15) is 0 Å². The molecule has 0 aliphatic carbocycles. The number of furan rings is 1. The Hall–Kier alpha value is -2.74. The minimum Gasteiger partial charge on any atom is -0.459 e. The van der Waals surface area contributed by atoms with Gasteiger partial charge in [0.25, 0.3) is 11.1 Å². The molecule has 1 fully saturated rings. The normalized spacial score (nSPS) is 13.9. The van der Waals surface area contributed by atoms with Crippen LogP contribution < -0.4 is 10.2 Å². The number of anilines is 2. The van der Waals surface area contributed by atoms with Gasteiger partial charge in [-0.25, -0.2) is 0 Å². The van der Waals surface area contributed by atoms with Crippen LogP contribution in [0.4, 0.5) is 11.4 Å². The molecule has 1 amide bonds. The van der Waals surface area contributed by atoms with E-state index in [4.69, 9.17) is 8.83 Å². The van der Waals surface area contributed by atoms with Gasteiger partial charge in [0, 0.05) is 24.5 Å². The van der Waals surface area contributed by atoms with E-state index in [9.17, 15) is 4.79 Å². The van der Waals surface area contributed by atoms with Crippen LogP contribution in [0.1, 0.15) is 12.8 Å². The van der Waals surface area contributed by atoms with Gasteiger partial charge in [0.1, 0.15) is 0 Å². The van der Waals surface area contributed by atoms with Crippen molar-refractivity contribution in [3.63, 3.8) is 0 Å². The van der Waals surface area contributed by atoms with E-state index in [2.05, 4.69) is 20.4 Å². The molecule has 8 heteroatoms. The summed E-state index contributed by atoms with van der Waals surface area (Å²) in [7, 11) is 0. The van der Waals surface area contributed by atoms with Crippen LogP contribution in [0.5, 0.6) is 0 Å². The second-order valence-electron chi connectivity index (χ2n) is 5.93. The van der Waals surface area contributed by atoms with E-state index >= 15 is 0 Å². The summed E-state index contributed by atoms with van der Waals surface area (Å²) in [5.74, 6) is 0.872. The summed E-state index contributed by atoms with van der Waals surface area (Å²) >= 11 is 1.19. The van der Waals surface area contributed by atoms with Crippen molar-refractivity contribution in [2.24, 2.45) is 0 Å². The van der Waals surface area contributed by atoms with Crippen molar-refractivity contribution in [3.8, 4) is 11.7 Å². The first-order chi connectivity index (χ1) is 12.8. The van der Waals surface area contributed by atoms with E-state index in [0.717, 1.165) is 18.8 Å². The summed E-state index contributed by atoms with van der Waals surface area (Å²) in [6.45, 7) is 2.21. The Kier molecular flexibility index (Phi) is 4.92. The molecule has 0 radical (unpaired) electrons. The lowest BCUT2D eigenvalue weighted by Crippen LogP contribution is -2.18. The fraction of sp³-hybridized carbons (Fsp3) is 0.278. The van der Waals surface area contributed by atoms with Crippen LogP contribution in [0.2, 0.25) is 0 Å². The third-order valence-corrected chi connectivity index (χ3v) is 4.91. The molecule has 1 aromatic carbocycles. The third kappa shape index (κ3) is 3.91. The Bertz CT molecular complexity index is 855. The van der Waals surface area contributed by atoms with Crippen LogP contribution in [0.3, 0.4) is 0 Å². The standard InChI is InChI=1S/C18H18N4O3S/c23-16(12-26-18-21-20-17(25-18)15-4-3-11-24-15)19-13-5-7-14(8-6-13)22-9-1-2-10-22/h3-8,11H,1-2,9-10,12H2,(H,19,23). The summed E-state index contributed by atoms with van der Waals surface area (Å²) in [5, 5.41) is 11.0. The molecule has 26 heavy (non-hydrogen) atoms. The highest BCUT2D eigenvalue weighted by Crippen LogP contribution is 2.24. The quantitative estimate of drug-likeness (QED) is 0.663. The second-order valence-corrected chi connectivity index (χ2v) is 6.85. The van der Waals surface area contributed by atoms with Crippen molar-refractivity contribution in [1.29, 1.82) is 0 Å². The average molecular weight is 370 g/mol. The average Bonchev–Trinajstić information content (AvgIpc) is 3.42. The number of amides is 1. The number of thioether (sulfide) groups is 1. The largest absolute Gasteiger partial charge is 0.459 e. The zero-order chi connectivity index (χ0) is 17.8. The monoisotopic (exact) mass is 370 g/mol. The molecule has 0 bridgehead atoms. The van der Waals surface area contributed by atoms with Crippen molar-refractivity contribution in [2.45, 2.75) is 18.1 Å². The first kappa shape index (κ1) is 16.7. The van der Waals surface area contributed by atoms with Gasteiger partial charge in [-0.1, -0.05) is 11.8 Å². The molecule has 1 aliphatic rings. The Morgan fingerprint density at radius 2 is 1.96 bits per heavy atom. The lowest BCUT2D eigenvalue weighted by atomic mass is 10.2. The van der Waals surface area contributed by atoms with E-state index in [0.29, 0.717) is 16.9 Å². The topological polar surface area (TPSA) is 84.4 Å². The van der Waals surface area contributed by atoms with E-state index in [-0.39, 0.29) is 11.7 Å². The predicted molar refractivity (Wildman–Crippen MR) is 99.2 cm³/mol.